The molecule has 1 aliphatic heterocycles. The summed E-state index contributed by atoms with van der Waals surface area (Å²) in [7, 11) is 0. The van der Waals surface area contributed by atoms with Crippen molar-refractivity contribution in [2.45, 2.75) is 44.7 Å². The minimum Gasteiger partial charge on any atom is -0.508 e. The van der Waals surface area contributed by atoms with E-state index in [0.29, 0.717) is 0 Å². The molecule has 0 radical (unpaired) electrons. The molecule has 2 aromatic rings. The van der Waals surface area contributed by atoms with E-state index < -0.39 is 5.69 Å². The molecule has 0 spiro atoms. The number of carbonyl (C=O) groups excluding carboxylic acids is 1. The molecule has 1 aromatic heterocycles. The molecule has 1 fully saturated rings. The summed E-state index contributed by atoms with van der Waals surface area (Å²) in [5.41, 5.74) is 0.672. The molecule has 6 nitrogen and oxygen atoms in total. The zero-order valence-electron chi connectivity index (χ0n) is 14.2. The molecule has 6 heteroatoms. The minimum atomic E-state index is -0.399. The highest BCUT2D eigenvalue weighted by atomic mass is 16.3. The molecule has 1 N–H and O–H groups in total. The van der Waals surface area contributed by atoms with Gasteiger partial charge in [-0.1, -0.05) is 12.1 Å². The van der Waals surface area contributed by atoms with Crippen LogP contribution in [0.15, 0.2) is 47.5 Å². The quantitative estimate of drug-likeness (QED) is 0.902. The largest absolute Gasteiger partial charge is 0.508 e. The van der Waals surface area contributed by atoms with Crippen molar-refractivity contribution in [3.8, 4) is 5.75 Å². The maximum Gasteiger partial charge on any atom is 0.347 e. The number of aryl methyl sites for hydroxylation is 1. The van der Waals surface area contributed by atoms with Gasteiger partial charge in [0.05, 0.1) is 0 Å². The summed E-state index contributed by atoms with van der Waals surface area (Å²) in [4.78, 5) is 30.0. The summed E-state index contributed by atoms with van der Waals surface area (Å²) in [6.45, 7) is 0.772. The molecule has 0 unspecified atom stereocenters. The smallest absolute Gasteiger partial charge is 0.347 e. The van der Waals surface area contributed by atoms with Crippen molar-refractivity contribution in [1.29, 1.82) is 0 Å². The van der Waals surface area contributed by atoms with Gasteiger partial charge in [0.1, 0.15) is 12.3 Å². The van der Waals surface area contributed by atoms with Gasteiger partial charge in [-0.25, -0.2) is 9.78 Å². The van der Waals surface area contributed by atoms with E-state index in [1.54, 1.807) is 24.4 Å². The third-order valence-corrected chi connectivity index (χ3v) is 4.71. The summed E-state index contributed by atoms with van der Waals surface area (Å²) in [6.07, 6.45) is 7.79. The van der Waals surface area contributed by atoms with Crippen LogP contribution in [0.4, 0.5) is 0 Å². The van der Waals surface area contributed by atoms with E-state index in [4.69, 9.17) is 0 Å². The Morgan fingerprint density at radius 3 is 2.96 bits per heavy atom. The summed E-state index contributed by atoms with van der Waals surface area (Å²) in [5, 5.41) is 9.58. The number of phenolic OH excluding ortho intramolecular Hbond substituents is 1. The molecule has 0 bridgehead atoms. The van der Waals surface area contributed by atoms with Gasteiger partial charge in [-0.3, -0.25) is 9.36 Å². The van der Waals surface area contributed by atoms with E-state index in [-0.39, 0.29) is 24.2 Å². The number of carbonyl (C=O) groups is 1. The number of likely N-dealkylation sites (tertiary alicyclic amines) is 1. The van der Waals surface area contributed by atoms with Gasteiger partial charge in [-0.15, -0.1) is 0 Å². The highest BCUT2D eigenvalue weighted by Crippen LogP contribution is 2.22. The van der Waals surface area contributed by atoms with E-state index in [1.165, 1.54) is 10.8 Å². The lowest BCUT2D eigenvalue weighted by Crippen LogP contribution is -2.46. The Morgan fingerprint density at radius 2 is 2.16 bits per heavy atom. The predicted octanol–water partition coefficient (Wildman–Crippen LogP) is 1.96. The van der Waals surface area contributed by atoms with Gasteiger partial charge in [0.2, 0.25) is 5.91 Å². The van der Waals surface area contributed by atoms with E-state index >= 15 is 0 Å². The highest BCUT2D eigenvalue weighted by Gasteiger charge is 2.26. The zero-order valence-corrected chi connectivity index (χ0v) is 14.2. The fourth-order valence-corrected chi connectivity index (χ4v) is 3.42. The van der Waals surface area contributed by atoms with Crippen molar-refractivity contribution >= 4 is 5.91 Å². The van der Waals surface area contributed by atoms with Crippen molar-refractivity contribution in [2.24, 2.45) is 0 Å². The number of phenols is 1. The van der Waals surface area contributed by atoms with Crippen molar-refractivity contribution < 1.29 is 9.90 Å². The first-order valence-corrected chi connectivity index (χ1v) is 8.72. The molecule has 2 heterocycles. The average Bonchev–Trinajstić information content (AvgIpc) is 2.62. The normalized spacial score (nSPS) is 17.4. The van der Waals surface area contributed by atoms with Crippen LogP contribution >= 0.6 is 0 Å². The van der Waals surface area contributed by atoms with Crippen LogP contribution in [0.2, 0.25) is 0 Å². The van der Waals surface area contributed by atoms with Crippen LogP contribution < -0.4 is 5.69 Å². The van der Waals surface area contributed by atoms with Gasteiger partial charge in [0, 0.05) is 25.0 Å². The highest BCUT2D eigenvalue weighted by molar-refractivity contribution is 5.76. The Balaban J connectivity index is 1.65. The summed E-state index contributed by atoms with van der Waals surface area (Å²) >= 11 is 0. The van der Waals surface area contributed by atoms with Crippen LogP contribution in [0, 0.1) is 0 Å². The molecule has 132 valence electrons. The Kier molecular flexibility index (Phi) is 5.48. The number of amides is 1. The molecule has 1 atom stereocenters. The van der Waals surface area contributed by atoms with Gasteiger partial charge < -0.3 is 10.0 Å². The Bertz CT molecular complexity index is 787. The SMILES string of the molecule is O=C(Cn1cccnc1=O)N1CCCC[C@H]1CCc1cccc(O)c1. The first-order chi connectivity index (χ1) is 12.1. The van der Waals surface area contributed by atoms with Gasteiger partial charge >= 0.3 is 5.69 Å². The minimum absolute atomic E-state index is 0.0318. The molecule has 3 rings (SSSR count). The third-order valence-electron chi connectivity index (χ3n) is 4.71. The first-order valence-electron chi connectivity index (χ1n) is 8.72. The zero-order chi connectivity index (χ0) is 17.6. The van der Waals surface area contributed by atoms with E-state index in [9.17, 15) is 14.7 Å². The Labute approximate surface area is 146 Å². The lowest BCUT2D eigenvalue weighted by molar-refractivity contribution is -0.135. The number of rotatable bonds is 5. The van der Waals surface area contributed by atoms with E-state index in [1.807, 2.05) is 17.0 Å². The number of piperidine rings is 1. The molecule has 1 aliphatic rings. The summed E-state index contributed by atoms with van der Waals surface area (Å²) in [5.74, 6) is 0.237. The third kappa shape index (κ3) is 4.47. The molecule has 1 saturated heterocycles. The molecule has 1 aromatic carbocycles. The molecular formula is C19H23N3O3. The fraction of sp³-hybridized carbons (Fsp3) is 0.421. The second kappa shape index (κ2) is 7.96. The van der Waals surface area contributed by atoms with Crippen LogP contribution in [-0.4, -0.2) is 38.1 Å². The monoisotopic (exact) mass is 341 g/mol. The van der Waals surface area contributed by atoms with E-state index in [2.05, 4.69) is 4.98 Å². The van der Waals surface area contributed by atoms with Gasteiger partial charge in [-0.05, 0) is 55.9 Å². The second-order valence-corrected chi connectivity index (χ2v) is 6.48. The second-order valence-electron chi connectivity index (χ2n) is 6.48. The van der Waals surface area contributed by atoms with Crippen LogP contribution in [-0.2, 0) is 17.8 Å². The molecule has 0 aliphatic carbocycles. The predicted molar refractivity (Wildman–Crippen MR) is 94.3 cm³/mol. The standard InChI is InChI=1S/C19H23N3O3/c23-17-7-3-5-15(13-17)8-9-16-6-1-2-12-22(16)18(24)14-21-11-4-10-20-19(21)25/h3-5,7,10-11,13,16,23H,1-2,6,8-9,12,14H2/t16-/m0/s1. The first kappa shape index (κ1) is 17.2. The van der Waals surface area contributed by atoms with Crippen molar-refractivity contribution in [3.63, 3.8) is 0 Å². The summed E-state index contributed by atoms with van der Waals surface area (Å²) < 4.78 is 1.35. The van der Waals surface area contributed by atoms with Crippen molar-refractivity contribution in [2.75, 3.05) is 6.54 Å². The molecule has 0 saturated carbocycles. The van der Waals surface area contributed by atoms with Gasteiger partial charge in [0.25, 0.3) is 0 Å². The maximum atomic E-state index is 12.7. The van der Waals surface area contributed by atoms with Crippen molar-refractivity contribution in [1.82, 2.24) is 14.5 Å². The van der Waals surface area contributed by atoms with Crippen LogP contribution in [0.1, 0.15) is 31.2 Å². The number of nitrogens with zero attached hydrogens (tertiary/aromatic N) is 3. The van der Waals surface area contributed by atoms with Crippen LogP contribution in [0.3, 0.4) is 0 Å². The topological polar surface area (TPSA) is 75.4 Å². The molecular weight excluding hydrogens is 318 g/mol. The molecule has 25 heavy (non-hydrogen) atoms. The fourth-order valence-electron chi connectivity index (χ4n) is 3.42. The maximum absolute atomic E-state index is 12.7. The van der Waals surface area contributed by atoms with Crippen molar-refractivity contribution in [3.05, 3.63) is 58.8 Å². The summed E-state index contributed by atoms with van der Waals surface area (Å²) in [6, 6.07) is 9.09. The number of hydrogen-bond donors (Lipinski definition) is 1. The van der Waals surface area contributed by atoms with Gasteiger partial charge in [-0.2, -0.15) is 0 Å². The van der Waals surface area contributed by atoms with Crippen LogP contribution in [0.5, 0.6) is 5.75 Å². The number of hydrogen-bond acceptors (Lipinski definition) is 4. The lowest BCUT2D eigenvalue weighted by atomic mass is 9.95. The number of aromatic nitrogens is 2. The Hall–Kier alpha value is -2.63. The number of aromatic hydroxyl groups is 1. The van der Waals surface area contributed by atoms with Crippen LogP contribution in [0.25, 0.3) is 0 Å². The molecule has 1 amide bonds. The number of benzene rings is 1. The Morgan fingerprint density at radius 1 is 1.28 bits per heavy atom. The van der Waals surface area contributed by atoms with E-state index in [0.717, 1.165) is 44.2 Å². The average molecular weight is 341 g/mol. The van der Waals surface area contributed by atoms with Gasteiger partial charge in [0.15, 0.2) is 0 Å². The lowest BCUT2D eigenvalue weighted by Gasteiger charge is -2.36.